The number of nitrogens with one attached hydrogen (secondary N) is 1. The molecule has 1 amide bonds. The van der Waals surface area contributed by atoms with E-state index in [2.05, 4.69) is 47.3 Å². The number of aromatic nitrogens is 2. The lowest BCUT2D eigenvalue weighted by atomic mass is 9.92. The summed E-state index contributed by atoms with van der Waals surface area (Å²) >= 11 is 0. The highest BCUT2D eigenvalue weighted by Gasteiger charge is 2.39. The highest BCUT2D eigenvalue weighted by molar-refractivity contribution is 5.99. The molecule has 6 nitrogen and oxygen atoms in total. The molecular weight excluding hydrogens is 364 g/mol. The molecule has 1 saturated heterocycles. The third kappa shape index (κ3) is 3.33. The largest absolute Gasteiger partial charge is 0.493 e. The van der Waals surface area contributed by atoms with Gasteiger partial charge in [-0.25, -0.2) is 0 Å². The maximum Gasteiger partial charge on any atom is 0.230 e. The molecule has 1 aromatic heterocycles. The Bertz CT molecular complexity index is 914. The van der Waals surface area contributed by atoms with Crippen molar-refractivity contribution in [3.8, 4) is 16.9 Å². The Morgan fingerprint density at radius 3 is 2.79 bits per heavy atom. The highest BCUT2D eigenvalue weighted by atomic mass is 16.5. The second-order valence-electron chi connectivity index (χ2n) is 8.68. The van der Waals surface area contributed by atoms with Crippen LogP contribution in [0.4, 0.5) is 5.69 Å². The zero-order valence-corrected chi connectivity index (χ0v) is 17.4. The summed E-state index contributed by atoms with van der Waals surface area (Å²) in [4.78, 5) is 15.0. The van der Waals surface area contributed by atoms with Crippen molar-refractivity contribution in [2.45, 2.75) is 58.0 Å². The molecule has 1 N–H and O–H groups in total. The Balaban J connectivity index is 1.55. The lowest BCUT2D eigenvalue weighted by Gasteiger charge is -2.36. The summed E-state index contributed by atoms with van der Waals surface area (Å²) in [5.41, 5.74) is 4.40. The second-order valence-corrected chi connectivity index (χ2v) is 8.68. The van der Waals surface area contributed by atoms with Gasteiger partial charge in [-0.1, -0.05) is 6.92 Å². The number of benzene rings is 1. The molecule has 3 aliphatic rings. The van der Waals surface area contributed by atoms with E-state index < -0.39 is 0 Å². The van der Waals surface area contributed by atoms with Gasteiger partial charge >= 0.3 is 0 Å². The van der Waals surface area contributed by atoms with E-state index in [-0.39, 0.29) is 17.9 Å². The third-order valence-electron chi connectivity index (χ3n) is 6.41. The molecule has 2 aromatic rings. The summed E-state index contributed by atoms with van der Waals surface area (Å²) in [7, 11) is 0. The minimum Gasteiger partial charge on any atom is -0.493 e. The molecule has 1 aromatic carbocycles. The normalized spacial score (nSPS) is 21.6. The van der Waals surface area contributed by atoms with Gasteiger partial charge in [0, 0.05) is 47.9 Å². The molecule has 2 fully saturated rings. The molecule has 1 atom stereocenters. The van der Waals surface area contributed by atoms with Crippen LogP contribution in [0, 0.1) is 5.92 Å². The van der Waals surface area contributed by atoms with Crippen LogP contribution in [0.5, 0.6) is 5.75 Å². The fraction of sp³-hybridized carbons (Fsp3) is 0.565. The summed E-state index contributed by atoms with van der Waals surface area (Å²) in [6.07, 6.45) is 9.01. The average Bonchev–Trinajstić information content (AvgIpc) is 3.43. The van der Waals surface area contributed by atoms with Crippen LogP contribution in [-0.4, -0.2) is 41.4 Å². The van der Waals surface area contributed by atoms with Crippen LogP contribution in [0.3, 0.4) is 0 Å². The maximum atomic E-state index is 13.0. The van der Waals surface area contributed by atoms with Crippen LogP contribution in [0.1, 0.15) is 51.1 Å². The van der Waals surface area contributed by atoms with Crippen LogP contribution in [0.25, 0.3) is 11.1 Å². The number of ether oxygens (including phenoxy) is 1. The molecule has 0 spiro atoms. The molecule has 1 saturated carbocycles. The van der Waals surface area contributed by atoms with Crippen molar-refractivity contribution < 1.29 is 9.53 Å². The summed E-state index contributed by atoms with van der Waals surface area (Å²) < 4.78 is 8.36. The molecule has 6 heteroatoms. The number of carbonyl (C=O) groups excluding carboxylic acids is 1. The van der Waals surface area contributed by atoms with Crippen LogP contribution in [0.15, 0.2) is 24.5 Å². The summed E-state index contributed by atoms with van der Waals surface area (Å²) in [6.45, 7) is 6.92. The Morgan fingerprint density at radius 2 is 2.10 bits per heavy atom. The number of rotatable bonds is 6. The fourth-order valence-electron chi connectivity index (χ4n) is 4.40. The third-order valence-corrected chi connectivity index (χ3v) is 6.41. The monoisotopic (exact) mass is 394 g/mol. The first-order chi connectivity index (χ1) is 14.2. The van der Waals surface area contributed by atoms with Crippen molar-refractivity contribution in [3.05, 3.63) is 30.1 Å². The maximum absolute atomic E-state index is 13.0. The highest BCUT2D eigenvalue weighted by Crippen LogP contribution is 2.45. The topological polar surface area (TPSA) is 59.4 Å². The van der Waals surface area contributed by atoms with Gasteiger partial charge in [0.2, 0.25) is 5.91 Å². The van der Waals surface area contributed by atoms with Crippen LogP contribution in [-0.2, 0) is 11.2 Å². The Hall–Kier alpha value is -2.34. The molecule has 0 bridgehead atoms. The van der Waals surface area contributed by atoms with Crippen LogP contribution < -0.4 is 15.0 Å². The Labute approximate surface area is 172 Å². The van der Waals surface area contributed by atoms with Gasteiger partial charge in [-0.15, -0.1) is 0 Å². The first-order valence-electron chi connectivity index (χ1n) is 11.0. The molecule has 2 aliphatic heterocycles. The van der Waals surface area contributed by atoms with Gasteiger partial charge in [-0.3, -0.25) is 9.48 Å². The van der Waals surface area contributed by atoms with Crippen molar-refractivity contribution in [2.75, 3.05) is 24.6 Å². The van der Waals surface area contributed by atoms with E-state index in [0.29, 0.717) is 12.6 Å². The minimum absolute atomic E-state index is 0.220. The minimum atomic E-state index is 0.220. The van der Waals surface area contributed by atoms with E-state index in [0.717, 1.165) is 67.8 Å². The quantitative estimate of drug-likeness (QED) is 0.814. The zero-order chi connectivity index (χ0) is 20.0. The lowest BCUT2D eigenvalue weighted by molar-refractivity contribution is -0.120. The van der Waals surface area contributed by atoms with Gasteiger partial charge in [0.25, 0.3) is 0 Å². The van der Waals surface area contributed by atoms with Gasteiger partial charge in [-0.2, -0.15) is 5.10 Å². The average molecular weight is 395 g/mol. The molecule has 1 unspecified atom stereocenters. The number of anilines is 1. The summed E-state index contributed by atoms with van der Waals surface area (Å²) in [5, 5.41) is 7.89. The van der Waals surface area contributed by atoms with E-state index in [1.807, 2.05) is 11.1 Å². The zero-order valence-electron chi connectivity index (χ0n) is 17.4. The number of hydrogen-bond acceptors (Lipinski definition) is 4. The van der Waals surface area contributed by atoms with Gasteiger partial charge in [-0.05, 0) is 51.2 Å². The molecule has 0 radical (unpaired) electrons. The number of carbonyl (C=O) groups is 1. The Morgan fingerprint density at radius 1 is 1.28 bits per heavy atom. The van der Waals surface area contributed by atoms with E-state index in [1.54, 1.807) is 0 Å². The van der Waals surface area contributed by atoms with Crippen molar-refractivity contribution in [1.29, 1.82) is 0 Å². The molecule has 29 heavy (non-hydrogen) atoms. The van der Waals surface area contributed by atoms with E-state index in [9.17, 15) is 4.79 Å². The first kappa shape index (κ1) is 18.7. The van der Waals surface area contributed by atoms with Gasteiger partial charge in [0.1, 0.15) is 5.75 Å². The fourth-order valence-corrected chi connectivity index (χ4v) is 4.40. The van der Waals surface area contributed by atoms with Gasteiger partial charge < -0.3 is 15.0 Å². The van der Waals surface area contributed by atoms with E-state index in [1.165, 1.54) is 5.56 Å². The predicted octanol–water partition coefficient (Wildman–Crippen LogP) is 3.56. The van der Waals surface area contributed by atoms with Crippen molar-refractivity contribution >= 4 is 11.6 Å². The molecular formula is C23H30N4O2. The summed E-state index contributed by atoms with van der Waals surface area (Å²) in [5.74, 6) is 1.45. The predicted molar refractivity (Wildman–Crippen MR) is 113 cm³/mol. The van der Waals surface area contributed by atoms with Crippen LogP contribution >= 0.6 is 0 Å². The van der Waals surface area contributed by atoms with Gasteiger partial charge in [0.05, 0.1) is 24.5 Å². The van der Waals surface area contributed by atoms with Crippen molar-refractivity contribution in [1.82, 2.24) is 15.1 Å². The molecule has 154 valence electrons. The van der Waals surface area contributed by atoms with Crippen molar-refractivity contribution in [3.63, 3.8) is 0 Å². The first-order valence-corrected chi connectivity index (χ1v) is 11.0. The van der Waals surface area contributed by atoms with E-state index in [4.69, 9.17) is 4.74 Å². The van der Waals surface area contributed by atoms with Gasteiger partial charge in [0.15, 0.2) is 0 Å². The standard InChI is InChI=1S/C23H30N4O2/c1-3-10-29-22-19(17-11-25-26(14-17)18-12-24-13-18)8-9-21-20(22)7-4-15(2)27(21)23(28)16-5-6-16/h8-9,11,14-16,18,24H,3-7,10,12-13H2,1-2H3. The number of nitrogens with zero attached hydrogens (tertiary/aromatic N) is 3. The van der Waals surface area contributed by atoms with E-state index >= 15 is 0 Å². The Kier molecular flexibility index (Phi) is 4.82. The number of fused-ring (bicyclic) bond motifs is 1. The number of hydrogen-bond donors (Lipinski definition) is 1. The molecule has 3 heterocycles. The lowest BCUT2D eigenvalue weighted by Crippen LogP contribution is -2.43. The van der Waals surface area contributed by atoms with Crippen LogP contribution in [0.2, 0.25) is 0 Å². The second kappa shape index (κ2) is 7.48. The molecule has 5 rings (SSSR count). The smallest absolute Gasteiger partial charge is 0.230 e. The number of amides is 1. The summed E-state index contributed by atoms with van der Waals surface area (Å²) in [6, 6.07) is 4.93. The van der Waals surface area contributed by atoms with Crippen molar-refractivity contribution in [2.24, 2.45) is 5.92 Å². The molecule has 1 aliphatic carbocycles. The SMILES string of the molecule is CCCOc1c(-c2cnn(C3CNC3)c2)ccc2c1CCC(C)N2C(=O)C1CC1.